The molecule has 0 radical (unpaired) electrons. The standard InChI is InChI=1S/C8H12O3/c1-4-5-6(2)11-7(3)8(9)10/h6-7H,1-3H3,(H,9,10). The zero-order valence-electron chi connectivity index (χ0n) is 6.92. The van der Waals surface area contributed by atoms with E-state index in [2.05, 4.69) is 11.8 Å². The molecule has 0 aromatic rings. The maximum atomic E-state index is 10.3. The van der Waals surface area contributed by atoms with Gasteiger partial charge in [0.1, 0.15) is 6.10 Å². The van der Waals surface area contributed by atoms with Crippen LogP contribution in [0.3, 0.4) is 0 Å². The normalized spacial score (nSPS) is 14.5. The van der Waals surface area contributed by atoms with Crippen LogP contribution in [-0.4, -0.2) is 23.3 Å². The average Bonchev–Trinajstić information content (AvgIpc) is 1.87. The molecule has 0 heterocycles. The van der Waals surface area contributed by atoms with Crippen LogP contribution >= 0.6 is 0 Å². The van der Waals surface area contributed by atoms with Crippen molar-refractivity contribution in [2.45, 2.75) is 33.0 Å². The molecule has 0 aromatic carbocycles. The summed E-state index contributed by atoms with van der Waals surface area (Å²) in [5.41, 5.74) is 0. The van der Waals surface area contributed by atoms with Gasteiger partial charge in [0, 0.05) is 0 Å². The molecule has 2 atom stereocenters. The summed E-state index contributed by atoms with van der Waals surface area (Å²) in [5, 5.41) is 8.43. The zero-order chi connectivity index (χ0) is 8.85. The number of rotatable bonds is 3. The van der Waals surface area contributed by atoms with E-state index in [9.17, 15) is 4.79 Å². The molecule has 62 valence electrons. The maximum Gasteiger partial charge on any atom is 0.332 e. The van der Waals surface area contributed by atoms with E-state index in [0.29, 0.717) is 0 Å². The van der Waals surface area contributed by atoms with Crippen LogP contribution < -0.4 is 0 Å². The minimum absolute atomic E-state index is 0.314. The molecule has 3 nitrogen and oxygen atoms in total. The van der Waals surface area contributed by atoms with Gasteiger partial charge in [-0.25, -0.2) is 4.79 Å². The number of hydrogen-bond acceptors (Lipinski definition) is 2. The Morgan fingerprint density at radius 3 is 2.45 bits per heavy atom. The highest BCUT2D eigenvalue weighted by Gasteiger charge is 2.12. The Kier molecular flexibility index (Phi) is 4.32. The lowest BCUT2D eigenvalue weighted by Gasteiger charge is -2.10. The highest BCUT2D eigenvalue weighted by Crippen LogP contribution is 1.96. The van der Waals surface area contributed by atoms with E-state index in [1.54, 1.807) is 13.8 Å². The first-order valence-corrected chi connectivity index (χ1v) is 3.38. The average molecular weight is 156 g/mol. The quantitative estimate of drug-likeness (QED) is 0.617. The molecule has 0 fully saturated rings. The molecule has 2 unspecified atom stereocenters. The van der Waals surface area contributed by atoms with Gasteiger partial charge in [-0.05, 0) is 20.8 Å². The highest BCUT2D eigenvalue weighted by atomic mass is 16.5. The maximum absolute atomic E-state index is 10.3. The Morgan fingerprint density at radius 2 is 2.09 bits per heavy atom. The van der Waals surface area contributed by atoms with E-state index in [4.69, 9.17) is 9.84 Å². The molecule has 0 aliphatic carbocycles. The fourth-order valence-electron chi connectivity index (χ4n) is 0.602. The van der Waals surface area contributed by atoms with Crippen LogP contribution in [0.25, 0.3) is 0 Å². The molecule has 11 heavy (non-hydrogen) atoms. The van der Waals surface area contributed by atoms with Crippen LogP contribution in [0.1, 0.15) is 20.8 Å². The van der Waals surface area contributed by atoms with Crippen LogP contribution in [0.15, 0.2) is 0 Å². The number of carboxylic acid groups (broad SMARTS) is 1. The molecule has 0 aliphatic heterocycles. The smallest absolute Gasteiger partial charge is 0.332 e. The van der Waals surface area contributed by atoms with Gasteiger partial charge in [-0.3, -0.25) is 0 Å². The number of hydrogen-bond donors (Lipinski definition) is 1. The summed E-state index contributed by atoms with van der Waals surface area (Å²) in [6, 6.07) is 0. The predicted octanol–water partition coefficient (Wildman–Crippen LogP) is 0.888. The van der Waals surface area contributed by atoms with Gasteiger partial charge in [0.25, 0.3) is 0 Å². The zero-order valence-corrected chi connectivity index (χ0v) is 6.92. The number of carbonyl (C=O) groups is 1. The molecule has 0 saturated heterocycles. The second-order valence-corrected chi connectivity index (χ2v) is 2.15. The lowest BCUT2D eigenvalue weighted by Crippen LogP contribution is -2.24. The van der Waals surface area contributed by atoms with E-state index in [-0.39, 0.29) is 6.10 Å². The van der Waals surface area contributed by atoms with E-state index in [1.807, 2.05) is 0 Å². The summed E-state index contributed by atoms with van der Waals surface area (Å²) < 4.78 is 4.98. The summed E-state index contributed by atoms with van der Waals surface area (Å²) in [5.74, 6) is 4.38. The molecular formula is C8H12O3. The van der Waals surface area contributed by atoms with Crippen molar-refractivity contribution in [2.24, 2.45) is 0 Å². The molecule has 0 aromatic heterocycles. The Balaban J connectivity index is 3.81. The molecule has 3 heteroatoms. The van der Waals surface area contributed by atoms with Gasteiger partial charge in [0.15, 0.2) is 6.10 Å². The fraction of sp³-hybridized carbons (Fsp3) is 0.625. The first-order valence-electron chi connectivity index (χ1n) is 3.38. The topological polar surface area (TPSA) is 46.5 Å². The van der Waals surface area contributed by atoms with Crippen molar-refractivity contribution < 1.29 is 14.6 Å². The Labute approximate surface area is 66.4 Å². The Hall–Kier alpha value is -1.01. The highest BCUT2D eigenvalue weighted by molar-refractivity contribution is 5.71. The largest absolute Gasteiger partial charge is 0.479 e. The third-order valence-electron chi connectivity index (χ3n) is 1.10. The van der Waals surface area contributed by atoms with E-state index >= 15 is 0 Å². The van der Waals surface area contributed by atoms with Crippen molar-refractivity contribution in [3.8, 4) is 11.8 Å². The van der Waals surface area contributed by atoms with Gasteiger partial charge in [-0.1, -0.05) is 5.92 Å². The van der Waals surface area contributed by atoms with Crippen LogP contribution in [0, 0.1) is 11.8 Å². The van der Waals surface area contributed by atoms with Crippen molar-refractivity contribution in [1.29, 1.82) is 0 Å². The minimum atomic E-state index is -0.963. The summed E-state index contributed by atoms with van der Waals surface area (Å²) in [6.07, 6.45) is -1.10. The Morgan fingerprint density at radius 1 is 1.55 bits per heavy atom. The van der Waals surface area contributed by atoms with Crippen LogP contribution in [-0.2, 0) is 9.53 Å². The lowest BCUT2D eigenvalue weighted by molar-refractivity contribution is -0.150. The van der Waals surface area contributed by atoms with Crippen LogP contribution in [0.5, 0.6) is 0 Å². The van der Waals surface area contributed by atoms with Crippen LogP contribution in [0.4, 0.5) is 0 Å². The molecule has 0 bridgehead atoms. The van der Waals surface area contributed by atoms with Gasteiger partial charge >= 0.3 is 5.97 Å². The lowest BCUT2D eigenvalue weighted by atomic mass is 10.3. The SMILES string of the molecule is CC#CC(C)OC(C)C(=O)O. The number of carboxylic acids is 1. The van der Waals surface area contributed by atoms with Gasteiger partial charge in [0.2, 0.25) is 0 Å². The summed E-state index contributed by atoms with van der Waals surface area (Å²) >= 11 is 0. The van der Waals surface area contributed by atoms with E-state index < -0.39 is 12.1 Å². The van der Waals surface area contributed by atoms with E-state index in [1.165, 1.54) is 6.92 Å². The van der Waals surface area contributed by atoms with E-state index in [0.717, 1.165) is 0 Å². The predicted molar refractivity (Wildman–Crippen MR) is 41.1 cm³/mol. The van der Waals surface area contributed by atoms with Crippen molar-refractivity contribution in [3.63, 3.8) is 0 Å². The summed E-state index contributed by atoms with van der Waals surface area (Å²) in [7, 11) is 0. The molecule has 0 aliphatic rings. The number of ether oxygens (including phenoxy) is 1. The van der Waals surface area contributed by atoms with Crippen molar-refractivity contribution in [2.75, 3.05) is 0 Å². The molecule has 0 saturated carbocycles. The van der Waals surface area contributed by atoms with Gasteiger partial charge < -0.3 is 9.84 Å². The van der Waals surface area contributed by atoms with Gasteiger partial charge in [0.05, 0.1) is 0 Å². The first kappa shape index (κ1) is 9.99. The molecule has 1 N–H and O–H groups in total. The van der Waals surface area contributed by atoms with Crippen molar-refractivity contribution in [1.82, 2.24) is 0 Å². The molecule has 0 amide bonds. The summed E-state index contributed by atoms with van der Waals surface area (Å²) in [4.78, 5) is 10.3. The molecule has 0 spiro atoms. The monoisotopic (exact) mass is 156 g/mol. The molecular weight excluding hydrogens is 144 g/mol. The Bertz CT molecular complexity index is 187. The number of aliphatic carboxylic acids is 1. The second kappa shape index (κ2) is 4.75. The first-order chi connectivity index (χ1) is 5.07. The molecule has 0 rings (SSSR count). The summed E-state index contributed by atoms with van der Waals surface area (Å²) in [6.45, 7) is 4.89. The fourth-order valence-corrected chi connectivity index (χ4v) is 0.602. The third kappa shape index (κ3) is 4.40. The van der Waals surface area contributed by atoms with Gasteiger partial charge in [-0.2, -0.15) is 0 Å². The third-order valence-corrected chi connectivity index (χ3v) is 1.10. The van der Waals surface area contributed by atoms with Gasteiger partial charge in [-0.15, -0.1) is 5.92 Å². The van der Waals surface area contributed by atoms with Crippen LogP contribution in [0.2, 0.25) is 0 Å². The minimum Gasteiger partial charge on any atom is -0.479 e. The van der Waals surface area contributed by atoms with Crippen molar-refractivity contribution in [3.05, 3.63) is 0 Å². The second-order valence-electron chi connectivity index (χ2n) is 2.15. The van der Waals surface area contributed by atoms with Crippen molar-refractivity contribution >= 4 is 5.97 Å².